The predicted molar refractivity (Wildman–Crippen MR) is 88.9 cm³/mol. The molecule has 0 bridgehead atoms. The minimum atomic E-state index is -0.294. The van der Waals surface area contributed by atoms with E-state index >= 15 is 0 Å². The first-order valence-electron chi connectivity index (χ1n) is 6.78. The number of likely N-dealkylation sites (N-methyl/N-ethyl adjacent to an activating group) is 1. The van der Waals surface area contributed by atoms with Crippen LogP contribution >= 0.6 is 15.9 Å². The lowest BCUT2D eigenvalue weighted by atomic mass is 10.1. The van der Waals surface area contributed by atoms with E-state index in [1.54, 1.807) is 14.2 Å². The van der Waals surface area contributed by atoms with Gasteiger partial charge in [-0.1, -0.05) is 6.08 Å². The Morgan fingerprint density at radius 3 is 2.95 bits per heavy atom. The quantitative estimate of drug-likeness (QED) is 0.738. The number of rotatable bonds is 7. The lowest BCUT2D eigenvalue weighted by Gasteiger charge is -2.25. The first-order chi connectivity index (χ1) is 10.1. The van der Waals surface area contributed by atoms with Crippen molar-refractivity contribution in [3.05, 3.63) is 34.8 Å². The summed E-state index contributed by atoms with van der Waals surface area (Å²) >= 11 is 3.61. The third-order valence-corrected chi connectivity index (χ3v) is 4.13. The number of halogens is 1. The smallest absolute Gasteiger partial charge is 0.246 e. The molecule has 1 aliphatic rings. The van der Waals surface area contributed by atoms with Gasteiger partial charge in [-0.25, -0.2) is 0 Å². The molecule has 1 aromatic rings. The Labute approximate surface area is 133 Å². The zero-order chi connectivity index (χ0) is 15.4. The highest BCUT2D eigenvalue weighted by molar-refractivity contribution is 9.10. The van der Waals surface area contributed by atoms with Crippen molar-refractivity contribution in [1.29, 1.82) is 0 Å². The second-order valence-electron chi connectivity index (χ2n) is 4.83. The first kappa shape index (κ1) is 16.0. The molecule has 0 aromatic heterocycles. The molecule has 1 amide bonds. The number of nitrogens with one attached hydrogen (secondary N) is 2. The summed E-state index contributed by atoms with van der Waals surface area (Å²) in [5.41, 5.74) is 2.83. The van der Waals surface area contributed by atoms with Gasteiger partial charge in [0.05, 0.1) is 12.3 Å². The normalized spacial score (nSPS) is 16.5. The van der Waals surface area contributed by atoms with Crippen LogP contribution in [0.25, 0.3) is 0 Å². The van der Waals surface area contributed by atoms with Crippen LogP contribution in [0.15, 0.2) is 29.3 Å². The Morgan fingerprint density at radius 1 is 1.57 bits per heavy atom. The van der Waals surface area contributed by atoms with E-state index in [2.05, 4.69) is 38.0 Å². The fraction of sp³-hybridized carbons (Fsp3) is 0.400. The van der Waals surface area contributed by atoms with Gasteiger partial charge in [0.25, 0.3) is 0 Å². The lowest BCUT2D eigenvalue weighted by Crippen LogP contribution is -2.27. The molecule has 1 aliphatic heterocycles. The van der Waals surface area contributed by atoms with Crippen LogP contribution in [0.2, 0.25) is 0 Å². The van der Waals surface area contributed by atoms with Crippen molar-refractivity contribution in [1.82, 2.24) is 5.32 Å². The number of nitrogens with zero attached hydrogens (tertiary/aromatic N) is 1. The van der Waals surface area contributed by atoms with Gasteiger partial charge in [0.1, 0.15) is 6.04 Å². The lowest BCUT2D eigenvalue weighted by molar-refractivity contribution is -0.117. The number of carbonyl (C=O) groups excluding carboxylic acids is 1. The summed E-state index contributed by atoms with van der Waals surface area (Å²) in [7, 11) is 3.46. The third kappa shape index (κ3) is 3.28. The molecule has 1 atom stereocenters. The maximum atomic E-state index is 11.9. The monoisotopic (exact) mass is 353 g/mol. The molecular formula is C15H20BrN3O2. The van der Waals surface area contributed by atoms with E-state index in [4.69, 9.17) is 4.74 Å². The minimum absolute atomic E-state index is 0.0243. The molecule has 2 N–H and O–H groups in total. The van der Waals surface area contributed by atoms with E-state index in [0.29, 0.717) is 13.2 Å². The molecule has 1 heterocycles. The number of carbonyl (C=O) groups is 1. The van der Waals surface area contributed by atoms with E-state index in [1.807, 2.05) is 18.2 Å². The van der Waals surface area contributed by atoms with Gasteiger partial charge < -0.3 is 20.3 Å². The van der Waals surface area contributed by atoms with Crippen molar-refractivity contribution >= 4 is 33.2 Å². The summed E-state index contributed by atoms with van der Waals surface area (Å²) < 4.78 is 6.11. The van der Waals surface area contributed by atoms with Crippen molar-refractivity contribution < 1.29 is 9.53 Å². The molecule has 0 aliphatic carbocycles. The number of ether oxygens (including phenoxy) is 1. The molecule has 21 heavy (non-hydrogen) atoms. The molecule has 1 unspecified atom stereocenters. The maximum Gasteiger partial charge on any atom is 0.246 e. The summed E-state index contributed by atoms with van der Waals surface area (Å²) in [5, 5.41) is 5.94. The van der Waals surface area contributed by atoms with Crippen molar-refractivity contribution in [3.8, 4) is 0 Å². The van der Waals surface area contributed by atoms with Crippen molar-refractivity contribution in [2.24, 2.45) is 0 Å². The molecule has 0 fully saturated rings. The van der Waals surface area contributed by atoms with Crippen LogP contribution in [0.4, 0.5) is 11.4 Å². The second kappa shape index (κ2) is 7.06. The van der Waals surface area contributed by atoms with Crippen LogP contribution in [0.3, 0.4) is 0 Å². The van der Waals surface area contributed by atoms with Crippen LogP contribution in [0, 0.1) is 0 Å². The molecule has 114 valence electrons. The van der Waals surface area contributed by atoms with Gasteiger partial charge in [-0.15, -0.1) is 6.58 Å². The Balaban J connectivity index is 2.35. The Kier molecular flexibility index (Phi) is 5.39. The van der Waals surface area contributed by atoms with E-state index in [1.165, 1.54) is 0 Å². The molecule has 0 saturated heterocycles. The number of anilines is 2. The molecule has 0 spiro atoms. The van der Waals surface area contributed by atoms with Crippen molar-refractivity contribution in [2.75, 3.05) is 44.1 Å². The van der Waals surface area contributed by atoms with Crippen LogP contribution in [-0.2, 0) is 9.53 Å². The Morgan fingerprint density at radius 2 is 2.33 bits per heavy atom. The van der Waals surface area contributed by atoms with E-state index in [0.717, 1.165) is 28.0 Å². The molecular weight excluding hydrogens is 334 g/mol. The van der Waals surface area contributed by atoms with Gasteiger partial charge >= 0.3 is 0 Å². The molecule has 5 nitrogen and oxygen atoms in total. The number of hydrogen-bond donors (Lipinski definition) is 2. The van der Waals surface area contributed by atoms with Crippen molar-refractivity contribution in [2.45, 2.75) is 6.04 Å². The molecule has 6 heteroatoms. The van der Waals surface area contributed by atoms with Gasteiger partial charge in [-0.05, 0) is 35.1 Å². The van der Waals surface area contributed by atoms with Crippen LogP contribution in [0.1, 0.15) is 11.6 Å². The SMILES string of the molecule is C=CCN(CCOC)c1cc2c(cc1Br)C(NC)C(=O)N2. The summed E-state index contributed by atoms with van der Waals surface area (Å²) in [5.74, 6) is -0.0243. The highest BCUT2D eigenvalue weighted by Crippen LogP contribution is 2.38. The molecule has 0 radical (unpaired) electrons. The number of amides is 1. The topological polar surface area (TPSA) is 53.6 Å². The van der Waals surface area contributed by atoms with Crippen LogP contribution < -0.4 is 15.5 Å². The van der Waals surface area contributed by atoms with E-state index in [9.17, 15) is 4.79 Å². The summed E-state index contributed by atoms with van der Waals surface area (Å²) in [6.45, 7) is 5.89. The zero-order valence-corrected chi connectivity index (χ0v) is 13.9. The van der Waals surface area contributed by atoms with Crippen LogP contribution in [0.5, 0.6) is 0 Å². The fourth-order valence-electron chi connectivity index (χ4n) is 2.47. The first-order valence-corrected chi connectivity index (χ1v) is 7.58. The van der Waals surface area contributed by atoms with E-state index in [-0.39, 0.29) is 11.9 Å². The summed E-state index contributed by atoms with van der Waals surface area (Å²) in [6, 6.07) is 3.69. The number of hydrogen-bond acceptors (Lipinski definition) is 4. The Hall–Kier alpha value is -1.37. The standard InChI is InChI=1S/C15H20BrN3O2/c1-4-5-19(6-7-21-3)13-9-12-10(8-11(13)16)14(17-2)15(20)18-12/h4,8-9,14,17H,1,5-7H2,2-3H3,(H,18,20). The van der Waals surface area contributed by atoms with Gasteiger partial charge in [0, 0.05) is 35.9 Å². The van der Waals surface area contributed by atoms with Gasteiger partial charge in [0.15, 0.2) is 0 Å². The summed E-state index contributed by atoms with van der Waals surface area (Å²) in [4.78, 5) is 14.1. The molecule has 0 saturated carbocycles. The van der Waals surface area contributed by atoms with Gasteiger partial charge in [-0.2, -0.15) is 0 Å². The molecule has 2 rings (SSSR count). The zero-order valence-electron chi connectivity index (χ0n) is 12.3. The number of benzene rings is 1. The second-order valence-corrected chi connectivity index (χ2v) is 5.68. The third-order valence-electron chi connectivity index (χ3n) is 3.49. The largest absolute Gasteiger partial charge is 0.383 e. The Bertz CT molecular complexity index is 548. The van der Waals surface area contributed by atoms with Crippen molar-refractivity contribution in [3.63, 3.8) is 0 Å². The minimum Gasteiger partial charge on any atom is -0.383 e. The predicted octanol–water partition coefficient (Wildman–Crippen LogP) is 2.30. The average Bonchev–Trinajstić information content (AvgIpc) is 2.77. The number of fused-ring (bicyclic) bond motifs is 1. The summed E-state index contributed by atoms with van der Waals surface area (Å²) in [6.07, 6.45) is 1.85. The van der Waals surface area contributed by atoms with Gasteiger partial charge in [-0.3, -0.25) is 4.79 Å². The number of methoxy groups -OCH3 is 1. The van der Waals surface area contributed by atoms with E-state index < -0.39 is 0 Å². The average molecular weight is 354 g/mol. The molecule has 1 aromatic carbocycles. The highest BCUT2D eigenvalue weighted by Gasteiger charge is 2.30. The fourth-order valence-corrected chi connectivity index (χ4v) is 3.08. The highest BCUT2D eigenvalue weighted by atomic mass is 79.9. The maximum absolute atomic E-state index is 11.9. The van der Waals surface area contributed by atoms with Gasteiger partial charge in [0.2, 0.25) is 5.91 Å². The van der Waals surface area contributed by atoms with Crippen LogP contribution in [-0.4, -0.2) is 39.8 Å².